The second kappa shape index (κ2) is 8.09. The van der Waals surface area contributed by atoms with Gasteiger partial charge in [0, 0.05) is 13.2 Å². The van der Waals surface area contributed by atoms with E-state index in [1.807, 2.05) is 19.9 Å². The molecule has 1 heterocycles. The Kier molecular flexibility index (Phi) is 6.43. The normalized spacial score (nSPS) is 13.1. The Hall–Kier alpha value is -2.17. The van der Waals surface area contributed by atoms with E-state index in [1.165, 1.54) is 24.0 Å². The van der Waals surface area contributed by atoms with Gasteiger partial charge in [-0.25, -0.2) is 4.68 Å². The largest absolute Gasteiger partial charge is 0.355 e. The maximum atomic E-state index is 12.0. The molecule has 5 heteroatoms. The van der Waals surface area contributed by atoms with Gasteiger partial charge in [0.15, 0.2) is 0 Å². The van der Waals surface area contributed by atoms with Gasteiger partial charge in [-0.1, -0.05) is 32.1 Å². The van der Waals surface area contributed by atoms with Gasteiger partial charge in [-0.3, -0.25) is 9.59 Å². The van der Waals surface area contributed by atoms with Crippen molar-refractivity contribution in [3.63, 3.8) is 0 Å². The minimum absolute atomic E-state index is 0.118. The first kappa shape index (κ1) is 15.9. The monoisotopic (exact) mass is 275 g/mol. The van der Waals surface area contributed by atoms with Gasteiger partial charge in [0.2, 0.25) is 0 Å². The summed E-state index contributed by atoms with van der Waals surface area (Å²) in [6, 6.07) is 1.43. The molecule has 1 aromatic rings. The Morgan fingerprint density at radius 2 is 2.15 bits per heavy atom. The Balaban J connectivity index is 0.000000956. The number of aromatic nitrogens is 2. The highest BCUT2D eigenvalue weighted by molar-refractivity contribution is 5.93. The summed E-state index contributed by atoms with van der Waals surface area (Å²) in [5.74, 6) is -0.385. The molecule has 5 nitrogen and oxygen atoms in total. The first-order chi connectivity index (χ1) is 9.72. The van der Waals surface area contributed by atoms with Crippen molar-refractivity contribution in [1.82, 2.24) is 15.1 Å². The van der Waals surface area contributed by atoms with E-state index in [9.17, 15) is 9.59 Å². The lowest BCUT2D eigenvalue weighted by molar-refractivity contribution is 0.0960. The fourth-order valence-corrected chi connectivity index (χ4v) is 1.83. The van der Waals surface area contributed by atoms with Crippen LogP contribution in [0.25, 0.3) is 0 Å². The van der Waals surface area contributed by atoms with Crippen molar-refractivity contribution >= 4 is 5.91 Å². The number of carbonyl (C=O) groups excluding carboxylic acids is 1. The molecule has 0 saturated heterocycles. The van der Waals surface area contributed by atoms with Gasteiger partial charge in [0.25, 0.3) is 11.5 Å². The molecule has 2 rings (SSSR count). The summed E-state index contributed by atoms with van der Waals surface area (Å²) in [5.41, 5.74) is 0.800. The van der Waals surface area contributed by atoms with E-state index in [0.29, 0.717) is 6.54 Å². The minimum atomic E-state index is -0.385. The fraction of sp³-hybridized carbons (Fsp3) is 0.400. The molecule has 0 unspecified atom stereocenters. The first-order valence-electron chi connectivity index (χ1n) is 6.86. The number of rotatable bonds is 3. The maximum absolute atomic E-state index is 12.0. The van der Waals surface area contributed by atoms with Crippen molar-refractivity contribution in [3.8, 4) is 0 Å². The Bertz CT molecular complexity index is 571. The summed E-state index contributed by atoms with van der Waals surface area (Å²) in [6.07, 6.45) is 9.63. The van der Waals surface area contributed by atoms with Crippen molar-refractivity contribution < 1.29 is 4.79 Å². The van der Waals surface area contributed by atoms with Crippen LogP contribution in [-0.2, 0) is 6.54 Å². The van der Waals surface area contributed by atoms with Crippen LogP contribution in [0.1, 0.15) is 37.0 Å². The third kappa shape index (κ3) is 3.91. The molecule has 0 spiro atoms. The topological polar surface area (TPSA) is 64.0 Å². The van der Waals surface area contributed by atoms with Gasteiger partial charge >= 0.3 is 0 Å². The summed E-state index contributed by atoms with van der Waals surface area (Å²) in [6.45, 7) is 4.40. The Morgan fingerprint density at radius 1 is 1.40 bits per heavy atom. The van der Waals surface area contributed by atoms with Crippen LogP contribution in [0.2, 0.25) is 0 Å². The molecular formula is C15H21N3O2. The van der Waals surface area contributed by atoms with Crippen LogP contribution in [0.5, 0.6) is 0 Å². The number of carbonyl (C=O) groups is 1. The standard InChI is InChI=1S/C13H15N3O2.C2H6/c1-14-12(17)11-7-8-15-16(13(11)18)9-10-5-3-2-4-6-10;1-2/h3,5-8H,2,4,9H2,1H3,(H,14,17);1-2H3. The van der Waals surface area contributed by atoms with Gasteiger partial charge in [-0.15, -0.1) is 0 Å². The summed E-state index contributed by atoms with van der Waals surface area (Å²) in [5, 5.41) is 6.44. The van der Waals surface area contributed by atoms with Crippen LogP contribution in [-0.4, -0.2) is 22.7 Å². The molecule has 1 N–H and O–H groups in total. The maximum Gasteiger partial charge on any atom is 0.279 e. The van der Waals surface area contributed by atoms with Gasteiger partial charge in [-0.2, -0.15) is 5.10 Å². The number of nitrogens with zero attached hydrogens (tertiary/aromatic N) is 2. The molecule has 1 amide bonds. The minimum Gasteiger partial charge on any atom is -0.355 e. The van der Waals surface area contributed by atoms with E-state index >= 15 is 0 Å². The van der Waals surface area contributed by atoms with Crippen LogP contribution >= 0.6 is 0 Å². The molecule has 0 saturated carbocycles. The zero-order chi connectivity index (χ0) is 15.0. The molecule has 1 aliphatic carbocycles. The smallest absolute Gasteiger partial charge is 0.279 e. The number of nitrogens with one attached hydrogen (secondary N) is 1. The van der Waals surface area contributed by atoms with E-state index in [2.05, 4.69) is 22.6 Å². The van der Waals surface area contributed by atoms with Crippen molar-refractivity contribution in [3.05, 3.63) is 52.0 Å². The molecule has 0 atom stereocenters. The van der Waals surface area contributed by atoms with Crippen molar-refractivity contribution in [2.24, 2.45) is 0 Å². The molecule has 0 aromatic carbocycles. The molecule has 0 aliphatic heterocycles. The van der Waals surface area contributed by atoms with Gasteiger partial charge in [-0.05, 0) is 24.5 Å². The second-order valence-corrected chi connectivity index (χ2v) is 4.05. The van der Waals surface area contributed by atoms with Crippen LogP contribution < -0.4 is 10.9 Å². The van der Waals surface area contributed by atoms with Crippen LogP contribution in [0.3, 0.4) is 0 Å². The predicted octanol–water partition coefficient (Wildman–Crippen LogP) is 1.91. The van der Waals surface area contributed by atoms with E-state index in [0.717, 1.165) is 18.4 Å². The predicted molar refractivity (Wildman–Crippen MR) is 79.7 cm³/mol. The highest BCUT2D eigenvalue weighted by atomic mass is 16.2. The van der Waals surface area contributed by atoms with Crippen molar-refractivity contribution in [2.45, 2.75) is 33.2 Å². The Labute approximate surface area is 119 Å². The summed E-state index contributed by atoms with van der Waals surface area (Å²) in [7, 11) is 1.50. The van der Waals surface area contributed by atoms with Gasteiger partial charge in [0.1, 0.15) is 5.56 Å². The number of hydrogen-bond donors (Lipinski definition) is 1. The molecule has 1 aromatic heterocycles. The molecule has 1 aliphatic rings. The Morgan fingerprint density at radius 3 is 2.75 bits per heavy atom. The second-order valence-electron chi connectivity index (χ2n) is 4.05. The highest BCUT2D eigenvalue weighted by Crippen LogP contribution is 2.10. The molecule has 0 fully saturated rings. The third-order valence-electron chi connectivity index (χ3n) is 2.79. The highest BCUT2D eigenvalue weighted by Gasteiger charge is 2.11. The zero-order valence-corrected chi connectivity index (χ0v) is 12.2. The SMILES string of the molecule is CC.CNC(=O)c1ccnn(CC2=CCCC=C2)c1=O. The zero-order valence-electron chi connectivity index (χ0n) is 12.2. The van der Waals surface area contributed by atoms with E-state index in [4.69, 9.17) is 0 Å². The van der Waals surface area contributed by atoms with Gasteiger partial charge in [0.05, 0.1) is 6.54 Å². The number of allylic oxidation sites excluding steroid dienone is 4. The molecule has 0 bridgehead atoms. The van der Waals surface area contributed by atoms with Gasteiger partial charge < -0.3 is 5.32 Å². The summed E-state index contributed by atoms with van der Waals surface area (Å²) >= 11 is 0. The molecule has 0 radical (unpaired) electrons. The quantitative estimate of drug-likeness (QED) is 0.916. The lowest BCUT2D eigenvalue weighted by atomic mass is 10.1. The summed E-state index contributed by atoms with van der Waals surface area (Å²) < 4.78 is 1.31. The fourth-order valence-electron chi connectivity index (χ4n) is 1.83. The van der Waals surface area contributed by atoms with E-state index in [1.54, 1.807) is 0 Å². The van der Waals surface area contributed by atoms with Crippen molar-refractivity contribution in [1.29, 1.82) is 0 Å². The number of amides is 1. The van der Waals surface area contributed by atoms with E-state index in [-0.39, 0.29) is 17.0 Å². The third-order valence-corrected chi connectivity index (χ3v) is 2.79. The summed E-state index contributed by atoms with van der Waals surface area (Å²) in [4.78, 5) is 23.5. The lowest BCUT2D eigenvalue weighted by Gasteiger charge is -2.09. The van der Waals surface area contributed by atoms with E-state index < -0.39 is 0 Å². The van der Waals surface area contributed by atoms with Crippen LogP contribution in [0.15, 0.2) is 40.9 Å². The van der Waals surface area contributed by atoms with Crippen molar-refractivity contribution in [2.75, 3.05) is 7.05 Å². The molecule has 20 heavy (non-hydrogen) atoms. The average Bonchev–Trinajstić information content (AvgIpc) is 2.52. The van der Waals surface area contributed by atoms with Crippen LogP contribution in [0, 0.1) is 0 Å². The lowest BCUT2D eigenvalue weighted by Crippen LogP contribution is -2.32. The molecule has 108 valence electrons. The number of hydrogen-bond acceptors (Lipinski definition) is 3. The van der Waals surface area contributed by atoms with Crippen LogP contribution in [0.4, 0.5) is 0 Å². The molecular weight excluding hydrogens is 254 g/mol. The first-order valence-corrected chi connectivity index (χ1v) is 6.86. The average molecular weight is 275 g/mol.